The summed E-state index contributed by atoms with van der Waals surface area (Å²) in [6.07, 6.45) is 2.01. The summed E-state index contributed by atoms with van der Waals surface area (Å²) < 4.78 is 10.2. The fourth-order valence-electron chi connectivity index (χ4n) is 1.45. The fourth-order valence-corrected chi connectivity index (χ4v) is 1.86. The standard InChI is InChI=1S/C14H13NO3S/c1-17-14(16)12-4-3-5-13(15-12)18-10-6-8-11(19-2)9-7-10/h3-9H,1-2H3. The van der Waals surface area contributed by atoms with Gasteiger partial charge in [-0.15, -0.1) is 11.8 Å². The monoisotopic (exact) mass is 275 g/mol. The van der Waals surface area contributed by atoms with E-state index >= 15 is 0 Å². The summed E-state index contributed by atoms with van der Waals surface area (Å²) in [5.74, 6) is 0.551. The van der Waals surface area contributed by atoms with Gasteiger partial charge in [-0.2, -0.15) is 0 Å². The average Bonchev–Trinajstić information content (AvgIpc) is 2.47. The third-order valence-corrected chi connectivity index (χ3v) is 3.14. The number of benzene rings is 1. The van der Waals surface area contributed by atoms with Crippen LogP contribution in [0.15, 0.2) is 47.4 Å². The van der Waals surface area contributed by atoms with E-state index in [1.54, 1.807) is 30.0 Å². The van der Waals surface area contributed by atoms with Crippen molar-refractivity contribution in [2.24, 2.45) is 0 Å². The van der Waals surface area contributed by atoms with E-state index in [0.29, 0.717) is 11.6 Å². The Bertz CT molecular complexity index is 569. The van der Waals surface area contributed by atoms with Gasteiger partial charge in [-0.1, -0.05) is 6.07 Å². The minimum Gasteiger partial charge on any atom is -0.464 e. The Morgan fingerprint density at radius 2 is 1.89 bits per heavy atom. The topological polar surface area (TPSA) is 48.4 Å². The Morgan fingerprint density at radius 1 is 1.16 bits per heavy atom. The van der Waals surface area contributed by atoms with Crippen LogP contribution in [0.3, 0.4) is 0 Å². The molecule has 98 valence electrons. The molecule has 0 aliphatic rings. The van der Waals surface area contributed by atoms with Crippen LogP contribution < -0.4 is 4.74 Å². The molecule has 2 rings (SSSR count). The van der Waals surface area contributed by atoms with Crippen LogP contribution in [0.4, 0.5) is 0 Å². The maximum absolute atomic E-state index is 11.4. The Morgan fingerprint density at radius 3 is 2.53 bits per heavy atom. The summed E-state index contributed by atoms with van der Waals surface area (Å²) in [5.41, 5.74) is 0.223. The molecule has 0 bridgehead atoms. The van der Waals surface area contributed by atoms with Crippen LogP contribution in [-0.4, -0.2) is 24.3 Å². The van der Waals surface area contributed by atoms with E-state index in [0.717, 1.165) is 4.90 Å². The molecule has 19 heavy (non-hydrogen) atoms. The predicted molar refractivity (Wildman–Crippen MR) is 73.9 cm³/mol. The van der Waals surface area contributed by atoms with Crippen molar-refractivity contribution in [3.05, 3.63) is 48.2 Å². The van der Waals surface area contributed by atoms with Gasteiger partial charge in [0.25, 0.3) is 0 Å². The summed E-state index contributed by atoms with van der Waals surface area (Å²) in [6.45, 7) is 0. The van der Waals surface area contributed by atoms with E-state index in [2.05, 4.69) is 9.72 Å². The number of nitrogens with zero attached hydrogens (tertiary/aromatic N) is 1. The van der Waals surface area contributed by atoms with Crippen LogP contribution in [0.5, 0.6) is 11.6 Å². The largest absolute Gasteiger partial charge is 0.464 e. The van der Waals surface area contributed by atoms with Gasteiger partial charge in [0, 0.05) is 11.0 Å². The molecule has 1 aromatic carbocycles. The fraction of sp³-hybridized carbons (Fsp3) is 0.143. The van der Waals surface area contributed by atoms with Crippen molar-refractivity contribution in [3.63, 3.8) is 0 Å². The van der Waals surface area contributed by atoms with E-state index < -0.39 is 5.97 Å². The van der Waals surface area contributed by atoms with E-state index in [-0.39, 0.29) is 5.69 Å². The lowest BCUT2D eigenvalue weighted by Gasteiger charge is -2.06. The summed E-state index contributed by atoms with van der Waals surface area (Å²) >= 11 is 1.66. The summed E-state index contributed by atoms with van der Waals surface area (Å²) in [6, 6.07) is 12.6. The highest BCUT2D eigenvalue weighted by atomic mass is 32.2. The molecule has 0 N–H and O–H groups in total. The van der Waals surface area contributed by atoms with Crippen molar-refractivity contribution < 1.29 is 14.3 Å². The normalized spacial score (nSPS) is 10.0. The van der Waals surface area contributed by atoms with Crippen LogP contribution in [0.1, 0.15) is 10.5 Å². The molecular formula is C14H13NO3S. The Labute approximate surface area is 115 Å². The lowest BCUT2D eigenvalue weighted by molar-refractivity contribution is 0.0593. The third kappa shape index (κ3) is 3.48. The second kappa shape index (κ2) is 6.24. The third-order valence-electron chi connectivity index (χ3n) is 2.40. The first-order chi connectivity index (χ1) is 9.22. The quantitative estimate of drug-likeness (QED) is 0.632. The van der Waals surface area contributed by atoms with Crippen molar-refractivity contribution in [1.82, 2.24) is 4.98 Å². The van der Waals surface area contributed by atoms with Gasteiger partial charge in [-0.05, 0) is 36.6 Å². The molecule has 0 unspecified atom stereocenters. The minimum absolute atomic E-state index is 0.223. The van der Waals surface area contributed by atoms with Crippen molar-refractivity contribution in [3.8, 4) is 11.6 Å². The molecule has 4 nitrogen and oxygen atoms in total. The van der Waals surface area contributed by atoms with E-state index in [1.165, 1.54) is 7.11 Å². The van der Waals surface area contributed by atoms with Crippen molar-refractivity contribution in [2.45, 2.75) is 4.90 Å². The van der Waals surface area contributed by atoms with Crippen LogP contribution in [0.2, 0.25) is 0 Å². The number of rotatable bonds is 4. The zero-order valence-corrected chi connectivity index (χ0v) is 11.4. The van der Waals surface area contributed by atoms with Gasteiger partial charge in [0.05, 0.1) is 7.11 Å². The van der Waals surface area contributed by atoms with Crippen LogP contribution in [0, 0.1) is 0 Å². The molecular weight excluding hydrogens is 262 g/mol. The number of methoxy groups -OCH3 is 1. The molecule has 0 radical (unpaired) electrons. The number of ether oxygens (including phenoxy) is 2. The van der Waals surface area contributed by atoms with Crippen LogP contribution in [0.25, 0.3) is 0 Å². The lowest BCUT2D eigenvalue weighted by Crippen LogP contribution is -2.04. The van der Waals surface area contributed by atoms with Gasteiger partial charge >= 0.3 is 5.97 Å². The molecule has 0 saturated carbocycles. The van der Waals surface area contributed by atoms with Crippen molar-refractivity contribution >= 4 is 17.7 Å². The first kappa shape index (κ1) is 13.4. The number of thioether (sulfide) groups is 1. The molecule has 1 aromatic heterocycles. The van der Waals surface area contributed by atoms with Crippen LogP contribution in [-0.2, 0) is 4.74 Å². The van der Waals surface area contributed by atoms with Gasteiger partial charge in [-0.3, -0.25) is 0 Å². The second-order valence-corrected chi connectivity index (χ2v) is 4.51. The number of pyridine rings is 1. The second-order valence-electron chi connectivity index (χ2n) is 3.63. The summed E-state index contributed by atoms with van der Waals surface area (Å²) in [7, 11) is 1.32. The molecule has 0 amide bonds. The number of aromatic nitrogens is 1. The van der Waals surface area contributed by atoms with Crippen molar-refractivity contribution in [1.29, 1.82) is 0 Å². The average molecular weight is 275 g/mol. The van der Waals surface area contributed by atoms with Gasteiger partial charge in [0.15, 0.2) is 5.69 Å². The number of hydrogen-bond donors (Lipinski definition) is 0. The number of esters is 1. The van der Waals surface area contributed by atoms with E-state index in [1.807, 2.05) is 30.5 Å². The maximum Gasteiger partial charge on any atom is 0.356 e. The van der Waals surface area contributed by atoms with Gasteiger partial charge in [0.1, 0.15) is 5.75 Å². The number of carbonyl (C=O) groups excluding carboxylic acids is 1. The molecule has 0 spiro atoms. The summed E-state index contributed by atoms with van der Waals surface area (Å²) in [5, 5.41) is 0. The van der Waals surface area contributed by atoms with Gasteiger partial charge in [0.2, 0.25) is 5.88 Å². The van der Waals surface area contributed by atoms with E-state index in [9.17, 15) is 4.79 Å². The Hall–Kier alpha value is -2.01. The van der Waals surface area contributed by atoms with E-state index in [4.69, 9.17) is 4.74 Å². The van der Waals surface area contributed by atoms with Gasteiger partial charge in [-0.25, -0.2) is 9.78 Å². The molecule has 0 atom stereocenters. The maximum atomic E-state index is 11.4. The highest BCUT2D eigenvalue weighted by Crippen LogP contribution is 2.23. The SMILES string of the molecule is COC(=O)c1cccc(Oc2ccc(SC)cc2)n1. The van der Waals surface area contributed by atoms with Crippen molar-refractivity contribution in [2.75, 3.05) is 13.4 Å². The first-order valence-corrected chi connectivity index (χ1v) is 6.82. The van der Waals surface area contributed by atoms with Crippen LogP contribution >= 0.6 is 11.8 Å². The zero-order chi connectivity index (χ0) is 13.7. The smallest absolute Gasteiger partial charge is 0.356 e. The molecule has 2 aromatic rings. The van der Waals surface area contributed by atoms with Gasteiger partial charge < -0.3 is 9.47 Å². The molecule has 0 aliphatic heterocycles. The Balaban J connectivity index is 2.16. The molecule has 0 fully saturated rings. The Kier molecular flexibility index (Phi) is 4.41. The highest BCUT2D eigenvalue weighted by Gasteiger charge is 2.08. The lowest BCUT2D eigenvalue weighted by atomic mass is 10.3. The number of carbonyl (C=O) groups is 1. The predicted octanol–water partition coefficient (Wildman–Crippen LogP) is 3.38. The first-order valence-electron chi connectivity index (χ1n) is 5.60. The molecule has 0 aliphatic carbocycles. The molecule has 5 heteroatoms. The molecule has 1 heterocycles. The minimum atomic E-state index is -0.483. The highest BCUT2D eigenvalue weighted by molar-refractivity contribution is 7.98. The number of hydrogen-bond acceptors (Lipinski definition) is 5. The molecule has 0 saturated heterocycles. The zero-order valence-electron chi connectivity index (χ0n) is 10.6. The summed E-state index contributed by atoms with van der Waals surface area (Å²) in [4.78, 5) is 16.6.